The second-order valence-electron chi connectivity index (χ2n) is 3.23. The van der Waals surface area contributed by atoms with Gasteiger partial charge in [0.1, 0.15) is 11.9 Å². The molecule has 0 bridgehead atoms. The quantitative estimate of drug-likeness (QED) is 0.835. The van der Waals surface area contributed by atoms with Crippen molar-refractivity contribution in [2.24, 2.45) is 0 Å². The SMILES string of the molecule is C[C@H](Nc1nsc2ccccc12)C(=O)O. The lowest BCUT2D eigenvalue weighted by Gasteiger charge is -2.07. The van der Waals surface area contributed by atoms with E-state index < -0.39 is 12.0 Å². The molecule has 1 atom stereocenters. The van der Waals surface area contributed by atoms with Gasteiger partial charge in [-0.1, -0.05) is 12.1 Å². The van der Waals surface area contributed by atoms with Crippen LogP contribution in [-0.2, 0) is 4.79 Å². The molecule has 0 spiro atoms. The van der Waals surface area contributed by atoms with E-state index in [9.17, 15) is 4.79 Å². The van der Waals surface area contributed by atoms with Crippen LogP contribution in [0.2, 0.25) is 0 Å². The molecule has 2 aromatic rings. The molecule has 2 N–H and O–H groups in total. The van der Waals surface area contributed by atoms with E-state index in [1.54, 1.807) is 6.92 Å². The Morgan fingerprint density at radius 3 is 3.00 bits per heavy atom. The molecule has 0 aliphatic heterocycles. The summed E-state index contributed by atoms with van der Waals surface area (Å²) < 4.78 is 5.24. The van der Waals surface area contributed by atoms with Crippen LogP contribution < -0.4 is 5.32 Å². The summed E-state index contributed by atoms with van der Waals surface area (Å²) >= 11 is 1.36. The number of carbonyl (C=O) groups is 1. The van der Waals surface area contributed by atoms with Crippen LogP contribution in [0.15, 0.2) is 24.3 Å². The van der Waals surface area contributed by atoms with Gasteiger partial charge in [-0.05, 0) is 30.6 Å². The Labute approximate surface area is 90.7 Å². The lowest BCUT2D eigenvalue weighted by atomic mass is 10.2. The average molecular weight is 222 g/mol. The van der Waals surface area contributed by atoms with Gasteiger partial charge in [0.05, 0.1) is 4.70 Å². The molecule has 4 nitrogen and oxygen atoms in total. The molecule has 0 aliphatic rings. The fraction of sp³-hybridized carbons (Fsp3) is 0.200. The van der Waals surface area contributed by atoms with E-state index in [1.165, 1.54) is 11.5 Å². The molecular formula is C10H10N2O2S. The number of anilines is 1. The molecule has 1 aromatic heterocycles. The Morgan fingerprint density at radius 1 is 1.53 bits per heavy atom. The number of hydrogen-bond acceptors (Lipinski definition) is 4. The molecule has 0 saturated heterocycles. The maximum Gasteiger partial charge on any atom is 0.325 e. The first-order chi connectivity index (χ1) is 7.18. The normalized spacial score (nSPS) is 12.6. The van der Waals surface area contributed by atoms with Crippen molar-refractivity contribution in [3.63, 3.8) is 0 Å². The van der Waals surface area contributed by atoms with Gasteiger partial charge in [-0.15, -0.1) is 0 Å². The molecule has 1 heterocycles. The standard InChI is InChI=1S/C10H10N2O2S/c1-6(10(13)14)11-9-7-4-2-3-5-8(7)15-12-9/h2-6H,1H3,(H,11,12)(H,13,14)/t6-/m0/s1. The minimum Gasteiger partial charge on any atom is -0.480 e. The van der Waals surface area contributed by atoms with Crippen LogP contribution in [0.5, 0.6) is 0 Å². The number of benzene rings is 1. The number of aromatic nitrogens is 1. The third-order valence-electron chi connectivity index (χ3n) is 2.10. The van der Waals surface area contributed by atoms with Gasteiger partial charge >= 0.3 is 5.97 Å². The average Bonchev–Trinajstić information content (AvgIpc) is 2.62. The maximum atomic E-state index is 10.7. The first kappa shape index (κ1) is 9.92. The highest BCUT2D eigenvalue weighted by Gasteiger charge is 2.13. The Balaban J connectivity index is 2.32. The summed E-state index contributed by atoms with van der Waals surface area (Å²) in [6, 6.07) is 7.10. The van der Waals surface area contributed by atoms with E-state index in [1.807, 2.05) is 24.3 Å². The molecule has 78 valence electrons. The first-order valence-corrected chi connectivity index (χ1v) is 5.29. The van der Waals surface area contributed by atoms with Crippen molar-refractivity contribution in [2.75, 3.05) is 5.32 Å². The van der Waals surface area contributed by atoms with E-state index in [0.29, 0.717) is 5.82 Å². The van der Waals surface area contributed by atoms with Crippen molar-refractivity contribution in [3.05, 3.63) is 24.3 Å². The zero-order valence-corrected chi connectivity index (χ0v) is 8.91. The Bertz CT molecular complexity index is 495. The third-order valence-corrected chi connectivity index (χ3v) is 2.93. The molecule has 1 aromatic carbocycles. The second-order valence-corrected chi connectivity index (χ2v) is 4.04. The van der Waals surface area contributed by atoms with Crippen molar-refractivity contribution < 1.29 is 9.90 Å². The van der Waals surface area contributed by atoms with E-state index in [-0.39, 0.29) is 0 Å². The number of aliphatic carboxylic acids is 1. The molecule has 2 rings (SSSR count). The van der Waals surface area contributed by atoms with Crippen molar-refractivity contribution >= 4 is 33.4 Å². The Hall–Kier alpha value is -1.62. The number of carboxylic acid groups (broad SMARTS) is 1. The number of fused-ring (bicyclic) bond motifs is 1. The summed E-state index contributed by atoms with van der Waals surface area (Å²) in [7, 11) is 0. The zero-order chi connectivity index (χ0) is 10.8. The topological polar surface area (TPSA) is 62.2 Å². The fourth-order valence-electron chi connectivity index (χ4n) is 1.26. The highest BCUT2D eigenvalue weighted by atomic mass is 32.1. The first-order valence-electron chi connectivity index (χ1n) is 4.52. The highest BCUT2D eigenvalue weighted by molar-refractivity contribution is 7.13. The van der Waals surface area contributed by atoms with Crippen LogP contribution in [0.25, 0.3) is 10.1 Å². The highest BCUT2D eigenvalue weighted by Crippen LogP contribution is 2.26. The zero-order valence-electron chi connectivity index (χ0n) is 8.10. The van der Waals surface area contributed by atoms with E-state index in [0.717, 1.165) is 10.1 Å². The number of carboxylic acids is 1. The lowest BCUT2D eigenvalue weighted by Crippen LogP contribution is -2.25. The molecule has 0 radical (unpaired) electrons. The van der Waals surface area contributed by atoms with Crippen molar-refractivity contribution in [2.45, 2.75) is 13.0 Å². The van der Waals surface area contributed by atoms with Crippen molar-refractivity contribution in [1.29, 1.82) is 0 Å². The third kappa shape index (κ3) is 1.92. The molecule has 0 fully saturated rings. The summed E-state index contributed by atoms with van der Waals surface area (Å²) in [5, 5.41) is 12.6. The molecular weight excluding hydrogens is 212 g/mol. The molecule has 5 heteroatoms. The summed E-state index contributed by atoms with van der Waals surface area (Å²) in [4.78, 5) is 10.7. The van der Waals surface area contributed by atoms with Gasteiger partial charge in [-0.3, -0.25) is 4.79 Å². The van der Waals surface area contributed by atoms with Crippen LogP contribution in [-0.4, -0.2) is 21.5 Å². The van der Waals surface area contributed by atoms with Crippen LogP contribution in [0, 0.1) is 0 Å². The van der Waals surface area contributed by atoms with Gasteiger partial charge in [0.2, 0.25) is 0 Å². The fourth-order valence-corrected chi connectivity index (χ4v) is 2.00. The van der Waals surface area contributed by atoms with Gasteiger partial charge in [0, 0.05) is 5.39 Å². The van der Waals surface area contributed by atoms with Crippen molar-refractivity contribution in [1.82, 2.24) is 4.37 Å². The van der Waals surface area contributed by atoms with Gasteiger partial charge in [-0.2, -0.15) is 4.37 Å². The van der Waals surface area contributed by atoms with Gasteiger partial charge in [0.15, 0.2) is 0 Å². The molecule has 0 unspecified atom stereocenters. The van der Waals surface area contributed by atoms with Crippen LogP contribution >= 0.6 is 11.5 Å². The van der Waals surface area contributed by atoms with Gasteiger partial charge < -0.3 is 10.4 Å². The maximum absolute atomic E-state index is 10.7. The smallest absolute Gasteiger partial charge is 0.325 e. The summed E-state index contributed by atoms with van der Waals surface area (Å²) in [6.07, 6.45) is 0. The van der Waals surface area contributed by atoms with E-state index in [2.05, 4.69) is 9.69 Å². The largest absolute Gasteiger partial charge is 0.480 e. The predicted molar refractivity (Wildman–Crippen MR) is 60.3 cm³/mol. The Kier molecular flexibility index (Phi) is 2.55. The number of nitrogens with one attached hydrogen (secondary N) is 1. The minimum absolute atomic E-state index is 0.629. The summed E-state index contributed by atoms with van der Waals surface area (Å²) in [5.41, 5.74) is 0. The van der Waals surface area contributed by atoms with Crippen LogP contribution in [0.1, 0.15) is 6.92 Å². The predicted octanol–water partition coefficient (Wildman–Crippen LogP) is 2.18. The van der Waals surface area contributed by atoms with E-state index in [4.69, 9.17) is 5.11 Å². The van der Waals surface area contributed by atoms with Gasteiger partial charge in [0.25, 0.3) is 0 Å². The second kappa shape index (κ2) is 3.86. The van der Waals surface area contributed by atoms with Crippen molar-refractivity contribution in [3.8, 4) is 0 Å². The minimum atomic E-state index is -0.882. The molecule has 0 aliphatic carbocycles. The molecule has 0 saturated carbocycles. The number of nitrogens with zero attached hydrogens (tertiary/aromatic N) is 1. The van der Waals surface area contributed by atoms with Crippen LogP contribution in [0.3, 0.4) is 0 Å². The summed E-state index contributed by atoms with van der Waals surface area (Å²) in [5.74, 6) is -0.238. The monoisotopic (exact) mass is 222 g/mol. The van der Waals surface area contributed by atoms with Gasteiger partial charge in [-0.25, -0.2) is 0 Å². The molecule has 15 heavy (non-hydrogen) atoms. The lowest BCUT2D eigenvalue weighted by molar-refractivity contribution is -0.137. The van der Waals surface area contributed by atoms with Crippen LogP contribution in [0.4, 0.5) is 5.82 Å². The number of rotatable bonds is 3. The molecule has 0 amide bonds. The summed E-state index contributed by atoms with van der Waals surface area (Å²) in [6.45, 7) is 1.59. The number of hydrogen-bond donors (Lipinski definition) is 2. The van der Waals surface area contributed by atoms with E-state index >= 15 is 0 Å². The Morgan fingerprint density at radius 2 is 2.27 bits per heavy atom.